The molecular formula is C17H25NO2. The average molecular weight is 275 g/mol. The normalized spacial score (nSPS) is 22.9. The van der Waals surface area contributed by atoms with Gasteiger partial charge in [0.15, 0.2) is 0 Å². The highest BCUT2D eigenvalue weighted by Crippen LogP contribution is 2.13. The molecule has 0 N–H and O–H groups in total. The lowest BCUT2D eigenvalue weighted by atomic mass is 10.1. The van der Waals surface area contributed by atoms with Gasteiger partial charge in [0, 0.05) is 19.5 Å². The van der Waals surface area contributed by atoms with Crippen LogP contribution in [0.25, 0.3) is 0 Å². The maximum Gasteiger partial charge on any atom is 0.223 e. The van der Waals surface area contributed by atoms with E-state index in [9.17, 15) is 4.79 Å². The smallest absolute Gasteiger partial charge is 0.223 e. The number of carbonyl (C=O) groups is 1. The fraction of sp³-hybridized carbons (Fsp3) is 0.588. The monoisotopic (exact) mass is 275 g/mol. The van der Waals surface area contributed by atoms with Gasteiger partial charge in [-0.3, -0.25) is 4.79 Å². The summed E-state index contributed by atoms with van der Waals surface area (Å²) in [6, 6.07) is 8.57. The summed E-state index contributed by atoms with van der Waals surface area (Å²) in [6.07, 6.45) is 2.76. The van der Waals surface area contributed by atoms with Gasteiger partial charge in [0.2, 0.25) is 5.91 Å². The summed E-state index contributed by atoms with van der Waals surface area (Å²) in [7, 11) is 0. The van der Waals surface area contributed by atoms with E-state index in [-0.39, 0.29) is 18.1 Å². The van der Waals surface area contributed by atoms with Gasteiger partial charge in [-0.2, -0.15) is 0 Å². The van der Waals surface area contributed by atoms with Crippen molar-refractivity contribution in [3.63, 3.8) is 0 Å². The Hall–Kier alpha value is -1.35. The van der Waals surface area contributed by atoms with Crippen LogP contribution in [0.5, 0.6) is 0 Å². The highest BCUT2D eigenvalue weighted by Gasteiger charge is 2.25. The predicted molar refractivity (Wildman–Crippen MR) is 80.7 cm³/mol. The lowest BCUT2D eigenvalue weighted by molar-refractivity contribution is -0.143. The van der Waals surface area contributed by atoms with E-state index in [0.29, 0.717) is 6.42 Å². The van der Waals surface area contributed by atoms with E-state index in [1.807, 2.05) is 18.7 Å². The van der Waals surface area contributed by atoms with Crippen LogP contribution in [0.1, 0.15) is 38.3 Å². The zero-order valence-corrected chi connectivity index (χ0v) is 12.8. The van der Waals surface area contributed by atoms with Gasteiger partial charge in [-0.1, -0.05) is 31.2 Å². The Morgan fingerprint density at radius 3 is 2.25 bits per heavy atom. The molecule has 0 aromatic heterocycles. The van der Waals surface area contributed by atoms with Gasteiger partial charge >= 0.3 is 0 Å². The minimum absolute atomic E-state index is 0.145. The standard InChI is InChI=1S/C17H25NO2/c1-4-15-5-7-16(8-6-15)9-10-17(19)18-11-13(2)20-14(3)12-18/h5-8,13-14H,4,9-12H2,1-3H3. The van der Waals surface area contributed by atoms with Crippen molar-refractivity contribution in [1.82, 2.24) is 4.90 Å². The third kappa shape index (κ3) is 4.07. The van der Waals surface area contributed by atoms with Gasteiger partial charge in [0.25, 0.3) is 0 Å². The van der Waals surface area contributed by atoms with E-state index in [4.69, 9.17) is 4.74 Å². The van der Waals surface area contributed by atoms with E-state index < -0.39 is 0 Å². The molecule has 0 spiro atoms. The van der Waals surface area contributed by atoms with Crippen LogP contribution in [-0.4, -0.2) is 36.1 Å². The predicted octanol–water partition coefficient (Wildman–Crippen LogP) is 2.82. The fourth-order valence-corrected chi connectivity index (χ4v) is 2.73. The largest absolute Gasteiger partial charge is 0.372 e. The van der Waals surface area contributed by atoms with Crippen LogP contribution in [0.2, 0.25) is 0 Å². The molecule has 1 aliphatic rings. The Balaban J connectivity index is 1.84. The molecule has 110 valence electrons. The zero-order valence-electron chi connectivity index (χ0n) is 12.8. The lowest BCUT2D eigenvalue weighted by Crippen LogP contribution is -2.48. The van der Waals surface area contributed by atoms with Gasteiger partial charge in [0.1, 0.15) is 0 Å². The second-order valence-electron chi connectivity index (χ2n) is 5.73. The first kappa shape index (κ1) is 15.0. The summed E-state index contributed by atoms with van der Waals surface area (Å²) >= 11 is 0. The highest BCUT2D eigenvalue weighted by atomic mass is 16.5. The molecule has 2 rings (SSSR count). The number of hydrogen-bond acceptors (Lipinski definition) is 2. The minimum atomic E-state index is 0.145. The third-order valence-corrected chi connectivity index (χ3v) is 3.83. The number of aryl methyl sites for hydroxylation is 2. The Morgan fingerprint density at radius 1 is 1.15 bits per heavy atom. The SMILES string of the molecule is CCc1ccc(CCC(=O)N2CC(C)OC(C)C2)cc1. The molecular weight excluding hydrogens is 250 g/mol. The molecule has 2 unspecified atom stereocenters. The average Bonchev–Trinajstić information content (AvgIpc) is 2.44. The highest BCUT2D eigenvalue weighted by molar-refractivity contribution is 5.76. The Bertz CT molecular complexity index is 431. The quantitative estimate of drug-likeness (QED) is 0.845. The van der Waals surface area contributed by atoms with E-state index in [0.717, 1.165) is 25.9 Å². The van der Waals surface area contributed by atoms with Crippen molar-refractivity contribution < 1.29 is 9.53 Å². The van der Waals surface area contributed by atoms with Gasteiger partial charge < -0.3 is 9.64 Å². The number of carbonyl (C=O) groups excluding carboxylic acids is 1. The molecule has 1 aliphatic heterocycles. The number of morpholine rings is 1. The maximum absolute atomic E-state index is 12.3. The summed E-state index contributed by atoms with van der Waals surface area (Å²) < 4.78 is 5.66. The van der Waals surface area contributed by atoms with Crippen LogP contribution in [0.15, 0.2) is 24.3 Å². The molecule has 20 heavy (non-hydrogen) atoms. The van der Waals surface area contributed by atoms with Crippen LogP contribution in [0.3, 0.4) is 0 Å². The van der Waals surface area contributed by atoms with Crippen molar-refractivity contribution in [2.75, 3.05) is 13.1 Å². The number of nitrogens with zero attached hydrogens (tertiary/aromatic N) is 1. The second kappa shape index (κ2) is 6.89. The first-order chi connectivity index (χ1) is 9.58. The Kier molecular flexibility index (Phi) is 5.18. The van der Waals surface area contributed by atoms with Crippen LogP contribution in [-0.2, 0) is 22.4 Å². The molecule has 1 amide bonds. The van der Waals surface area contributed by atoms with E-state index in [1.54, 1.807) is 0 Å². The van der Waals surface area contributed by atoms with Crippen LogP contribution in [0.4, 0.5) is 0 Å². The Labute approximate surface area is 121 Å². The molecule has 0 radical (unpaired) electrons. The van der Waals surface area contributed by atoms with Crippen LogP contribution < -0.4 is 0 Å². The number of amides is 1. The molecule has 3 nitrogen and oxygen atoms in total. The van der Waals surface area contributed by atoms with E-state index >= 15 is 0 Å². The van der Waals surface area contributed by atoms with Crippen molar-refractivity contribution in [2.24, 2.45) is 0 Å². The van der Waals surface area contributed by atoms with Crippen LogP contribution in [0, 0.1) is 0 Å². The molecule has 3 heteroatoms. The number of hydrogen-bond donors (Lipinski definition) is 0. The Morgan fingerprint density at radius 2 is 1.70 bits per heavy atom. The summed E-state index contributed by atoms with van der Waals surface area (Å²) in [6.45, 7) is 7.65. The van der Waals surface area contributed by atoms with Gasteiger partial charge in [0.05, 0.1) is 12.2 Å². The fourth-order valence-electron chi connectivity index (χ4n) is 2.73. The molecule has 1 aromatic rings. The summed E-state index contributed by atoms with van der Waals surface area (Å²) in [4.78, 5) is 14.2. The topological polar surface area (TPSA) is 29.5 Å². The van der Waals surface area contributed by atoms with Gasteiger partial charge in [-0.15, -0.1) is 0 Å². The van der Waals surface area contributed by atoms with E-state index in [2.05, 4.69) is 31.2 Å². The molecule has 2 atom stereocenters. The number of rotatable bonds is 4. The van der Waals surface area contributed by atoms with Gasteiger partial charge in [-0.05, 0) is 37.8 Å². The van der Waals surface area contributed by atoms with Crippen molar-refractivity contribution in [3.05, 3.63) is 35.4 Å². The van der Waals surface area contributed by atoms with Gasteiger partial charge in [-0.25, -0.2) is 0 Å². The molecule has 0 bridgehead atoms. The first-order valence-corrected chi connectivity index (χ1v) is 7.59. The zero-order chi connectivity index (χ0) is 14.5. The van der Waals surface area contributed by atoms with Crippen molar-refractivity contribution in [2.45, 2.75) is 52.2 Å². The summed E-state index contributed by atoms with van der Waals surface area (Å²) in [5.74, 6) is 0.242. The molecule has 0 aliphatic carbocycles. The van der Waals surface area contributed by atoms with Crippen molar-refractivity contribution in [1.29, 1.82) is 0 Å². The summed E-state index contributed by atoms with van der Waals surface area (Å²) in [5, 5.41) is 0. The third-order valence-electron chi connectivity index (χ3n) is 3.83. The molecule has 1 fully saturated rings. The molecule has 0 saturated carbocycles. The number of ether oxygens (including phenoxy) is 1. The first-order valence-electron chi connectivity index (χ1n) is 7.59. The maximum atomic E-state index is 12.3. The minimum Gasteiger partial charge on any atom is -0.372 e. The summed E-state index contributed by atoms with van der Waals surface area (Å²) in [5.41, 5.74) is 2.58. The molecule has 1 aromatic carbocycles. The van der Waals surface area contributed by atoms with Crippen LogP contribution >= 0.6 is 0 Å². The van der Waals surface area contributed by atoms with E-state index in [1.165, 1.54) is 11.1 Å². The van der Waals surface area contributed by atoms with Crippen molar-refractivity contribution in [3.8, 4) is 0 Å². The molecule has 1 heterocycles. The van der Waals surface area contributed by atoms with Crippen molar-refractivity contribution >= 4 is 5.91 Å². The second-order valence-corrected chi connectivity index (χ2v) is 5.73. The molecule has 1 saturated heterocycles. The number of benzene rings is 1. The lowest BCUT2D eigenvalue weighted by Gasteiger charge is -2.35.